The minimum absolute atomic E-state index is 0.00846. The molecule has 1 aliphatic rings. The second-order valence-electron chi connectivity index (χ2n) is 4.56. The van der Waals surface area contributed by atoms with Gasteiger partial charge in [-0.3, -0.25) is 4.79 Å². The van der Waals surface area contributed by atoms with Crippen LogP contribution in [0.25, 0.3) is 0 Å². The van der Waals surface area contributed by atoms with E-state index in [4.69, 9.17) is 11.6 Å². The van der Waals surface area contributed by atoms with Crippen LogP contribution in [0.2, 0.25) is 4.34 Å². The van der Waals surface area contributed by atoms with E-state index in [2.05, 4.69) is 5.32 Å². The SMILES string of the molecule is CCN(Cc1ccc(Cl)s1)C(=O)[C@H]1CCCCN1. The van der Waals surface area contributed by atoms with Crippen molar-refractivity contribution in [2.45, 2.75) is 38.8 Å². The molecule has 3 nitrogen and oxygen atoms in total. The first-order valence-corrected chi connectivity index (χ1v) is 7.66. The van der Waals surface area contributed by atoms with Crippen molar-refractivity contribution < 1.29 is 4.79 Å². The molecule has 1 aromatic rings. The lowest BCUT2D eigenvalue weighted by molar-refractivity contribution is -0.134. The third-order valence-corrected chi connectivity index (χ3v) is 4.49. The van der Waals surface area contributed by atoms with Crippen molar-refractivity contribution in [2.24, 2.45) is 0 Å². The third kappa shape index (κ3) is 3.46. The molecule has 1 fully saturated rings. The van der Waals surface area contributed by atoms with Crippen molar-refractivity contribution in [2.75, 3.05) is 13.1 Å². The summed E-state index contributed by atoms with van der Waals surface area (Å²) in [5.41, 5.74) is 0. The number of piperidine rings is 1. The molecule has 1 aliphatic heterocycles. The number of nitrogens with zero attached hydrogens (tertiary/aromatic N) is 1. The van der Waals surface area contributed by atoms with Gasteiger partial charge >= 0.3 is 0 Å². The zero-order valence-corrected chi connectivity index (χ0v) is 12.2. The van der Waals surface area contributed by atoms with E-state index in [1.54, 1.807) is 11.3 Å². The molecule has 5 heteroatoms. The fourth-order valence-corrected chi connectivity index (χ4v) is 3.36. The minimum atomic E-state index is 0.00846. The molecule has 0 aromatic carbocycles. The van der Waals surface area contributed by atoms with Gasteiger partial charge in [-0.15, -0.1) is 11.3 Å². The Balaban J connectivity index is 1.96. The number of carbonyl (C=O) groups is 1. The summed E-state index contributed by atoms with van der Waals surface area (Å²) in [5.74, 6) is 0.224. The molecule has 1 aromatic heterocycles. The summed E-state index contributed by atoms with van der Waals surface area (Å²) in [6.45, 7) is 4.40. The molecule has 1 saturated heterocycles. The fraction of sp³-hybridized carbons (Fsp3) is 0.615. The van der Waals surface area contributed by atoms with Crippen LogP contribution < -0.4 is 5.32 Å². The van der Waals surface area contributed by atoms with Crippen molar-refractivity contribution in [3.63, 3.8) is 0 Å². The summed E-state index contributed by atoms with van der Waals surface area (Å²) in [4.78, 5) is 15.4. The van der Waals surface area contributed by atoms with Gasteiger partial charge < -0.3 is 10.2 Å². The third-order valence-electron chi connectivity index (χ3n) is 3.28. The maximum absolute atomic E-state index is 12.4. The van der Waals surface area contributed by atoms with Crippen molar-refractivity contribution >= 4 is 28.8 Å². The highest BCUT2D eigenvalue weighted by atomic mass is 35.5. The van der Waals surface area contributed by atoms with Crippen LogP contribution in [0, 0.1) is 0 Å². The topological polar surface area (TPSA) is 32.3 Å². The van der Waals surface area contributed by atoms with Gasteiger partial charge in [0.1, 0.15) is 0 Å². The zero-order valence-electron chi connectivity index (χ0n) is 10.6. The number of halogens is 1. The summed E-state index contributed by atoms with van der Waals surface area (Å²) >= 11 is 7.46. The molecular weight excluding hydrogens is 268 g/mol. The van der Waals surface area contributed by atoms with Crippen molar-refractivity contribution in [1.29, 1.82) is 0 Å². The Kier molecular flexibility index (Phi) is 5.03. The number of likely N-dealkylation sites (N-methyl/N-ethyl adjacent to an activating group) is 1. The number of thiophene rings is 1. The van der Waals surface area contributed by atoms with E-state index in [0.29, 0.717) is 6.54 Å². The molecule has 2 heterocycles. The highest BCUT2D eigenvalue weighted by molar-refractivity contribution is 7.16. The normalized spacial score (nSPS) is 19.8. The second-order valence-corrected chi connectivity index (χ2v) is 6.36. The molecule has 0 bridgehead atoms. The van der Waals surface area contributed by atoms with Gasteiger partial charge in [-0.2, -0.15) is 0 Å². The molecule has 0 saturated carbocycles. The van der Waals surface area contributed by atoms with Crippen LogP contribution in [-0.2, 0) is 11.3 Å². The quantitative estimate of drug-likeness (QED) is 0.923. The molecule has 0 radical (unpaired) electrons. The van der Waals surface area contributed by atoms with Gasteiger partial charge in [0, 0.05) is 11.4 Å². The smallest absolute Gasteiger partial charge is 0.240 e. The standard InChI is InChI=1S/C13H19ClN2OS/c1-2-16(9-10-6-7-12(14)18-10)13(17)11-5-3-4-8-15-11/h6-7,11,15H,2-5,8-9H2,1H3/t11-/m1/s1. The number of hydrogen-bond acceptors (Lipinski definition) is 3. The molecule has 2 rings (SSSR count). The lowest BCUT2D eigenvalue weighted by Gasteiger charge is -2.29. The molecular formula is C13H19ClN2OS. The van der Waals surface area contributed by atoms with Gasteiger partial charge in [-0.05, 0) is 38.4 Å². The van der Waals surface area contributed by atoms with Crippen LogP contribution >= 0.6 is 22.9 Å². The molecule has 1 amide bonds. The van der Waals surface area contributed by atoms with E-state index in [-0.39, 0.29) is 11.9 Å². The van der Waals surface area contributed by atoms with Gasteiger partial charge in [0.2, 0.25) is 5.91 Å². The van der Waals surface area contributed by atoms with Crippen molar-refractivity contribution in [3.05, 3.63) is 21.3 Å². The molecule has 1 atom stereocenters. The number of rotatable bonds is 4. The average Bonchev–Trinajstić information content (AvgIpc) is 2.82. The fourth-order valence-electron chi connectivity index (χ4n) is 2.25. The lowest BCUT2D eigenvalue weighted by atomic mass is 10.0. The van der Waals surface area contributed by atoms with E-state index in [1.165, 1.54) is 6.42 Å². The summed E-state index contributed by atoms with van der Waals surface area (Å²) in [5, 5.41) is 3.31. The van der Waals surface area contributed by atoms with Crippen LogP contribution in [0.1, 0.15) is 31.1 Å². The van der Waals surface area contributed by atoms with Crippen molar-refractivity contribution in [1.82, 2.24) is 10.2 Å². The number of hydrogen-bond donors (Lipinski definition) is 1. The molecule has 1 N–H and O–H groups in total. The van der Waals surface area contributed by atoms with Crippen LogP contribution in [-0.4, -0.2) is 29.9 Å². The van der Waals surface area contributed by atoms with E-state index < -0.39 is 0 Å². The Morgan fingerprint density at radius 2 is 2.39 bits per heavy atom. The Bertz CT molecular complexity index is 401. The van der Waals surface area contributed by atoms with Crippen LogP contribution in [0.15, 0.2) is 12.1 Å². The predicted octanol–water partition coefficient (Wildman–Crippen LogP) is 2.89. The Hall–Kier alpha value is -0.580. The summed E-state index contributed by atoms with van der Waals surface area (Å²) in [7, 11) is 0. The summed E-state index contributed by atoms with van der Waals surface area (Å²) in [6.07, 6.45) is 3.28. The second kappa shape index (κ2) is 6.55. The predicted molar refractivity (Wildman–Crippen MR) is 76.1 cm³/mol. The van der Waals surface area contributed by atoms with Crippen LogP contribution in [0.4, 0.5) is 0 Å². The maximum Gasteiger partial charge on any atom is 0.240 e. The Morgan fingerprint density at radius 3 is 2.94 bits per heavy atom. The summed E-state index contributed by atoms with van der Waals surface area (Å²) < 4.78 is 0.782. The minimum Gasteiger partial charge on any atom is -0.336 e. The first-order chi connectivity index (χ1) is 8.70. The van der Waals surface area contributed by atoms with E-state index in [1.807, 2.05) is 24.0 Å². The number of amides is 1. The van der Waals surface area contributed by atoms with Gasteiger partial charge in [0.25, 0.3) is 0 Å². The van der Waals surface area contributed by atoms with E-state index >= 15 is 0 Å². The Morgan fingerprint density at radius 1 is 1.56 bits per heavy atom. The first kappa shape index (κ1) is 13.8. The average molecular weight is 287 g/mol. The van der Waals surface area contributed by atoms with Crippen LogP contribution in [0.5, 0.6) is 0 Å². The molecule has 0 unspecified atom stereocenters. The largest absolute Gasteiger partial charge is 0.336 e. The number of carbonyl (C=O) groups excluding carboxylic acids is 1. The van der Waals surface area contributed by atoms with Gasteiger partial charge in [0.15, 0.2) is 0 Å². The highest BCUT2D eigenvalue weighted by Gasteiger charge is 2.25. The lowest BCUT2D eigenvalue weighted by Crippen LogP contribution is -2.48. The molecule has 100 valence electrons. The van der Waals surface area contributed by atoms with Crippen molar-refractivity contribution in [3.8, 4) is 0 Å². The highest BCUT2D eigenvalue weighted by Crippen LogP contribution is 2.23. The van der Waals surface area contributed by atoms with Gasteiger partial charge in [0.05, 0.1) is 16.9 Å². The van der Waals surface area contributed by atoms with Gasteiger partial charge in [-0.25, -0.2) is 0 Å². The maximum atomic E-state index is 12.4. The monoisotopic (exact) mass is 286 g/mol. The number of nitrogens with one attached hydrogen (secondary N) is 1. The molecule has 0 spiro atoms. The van der Waals surface area contributed by atoms with E-state index in [0.717, 1.165) is 35.1 Å². The van der Waals surface area contributed by atoms with Crippen LogP contribution in [0.3, 0.4) is 0 Å². The van der Waals surface area contributed by atoms with E-state index in [9.17, 15) is 4.79 Å². The van der Waals surface area contributed by atoms with Gasteiger partial charge in [-0.1, -0.05) is 18.0 Å². The Labute approximate surface area is 117 Å². The zero-order chi connectivity index (χ0) is 13.0. The summed E-state index contributed by atoms with van der Waals surface area (Å²) in [6, 6.07) is 3.89. The first-order valence-electron chi connectivity index (χ1n) is 6.47. The molecule has 0 aliphatic carbocycles. The molecule has 18 heavy (non-hydrogen) atoms.